The maximum Gasteiger partial charge on any atom is 0.326 e. The molecule has 4 aromatic rings. The zero-order valence-corrected chi connectivity index (χ0v) is 26.5. The van der Waals surface area contributed by atoms with Crippen molar-refractivity contribution in [2.75, 3.05) is 25.2 Å². The zero-order chi connectivity index (χ0) is 31.7. The van der Waals surface area contributed by atoms with Gasteiger partial charge in [-0.2, -0.15) is 0 Å². The van der Waals surface area contributed by atoms with Crippen LogP contribution >= 0.6 is 11.3 Å². The third-order valence-electron chi connectivity index (χ3n) is 6.93. The van der Waals surface area contributed by atoms with E-state index in [1.165, 1.54) is 0 Å². The molecule has 0 saturated carbocycles. The predicted octanol–water partition coefficient (Wildman–Crippen LogP) is 5.70. The molecule has 3 aromatic carbocycles. The summed E-state index contributed by atoms with van der Waals surface area (Å²) in [4.78, 5) is 30.8. The fourth-order valence-electron chi connectivity index (χ4n) is 4.59. The van der Waals surface area contributed by atoms with Crippen LogP contribution in [0.3, 0.4) is 0 Å². The number of amides is 1. The summed E-state index contributed by atoms with van der Waals surface area (Å²) in [5.74, 6) is -2.27. The van der Waals surface area contributed by atoms with E-state index in [0.29, 0.717) is 18.8 Å². The van der Waals surface area contributed by atoms with Crippen LogP contribution in [-0.2, 0) is 30.7 Å². The molecule has 1 heterocycles. The van der Waals surface area contributed by atoms with Crippen LogP contribution in [0.4, 0.5) is 0 Å². The van der Waals surface area contributed by atoms with Crippen molar-refractivity contribution >= 4 is 33.1 Å². The van der Waals surface area contributed by atoms with Gasteiger partial charge >= 0.3 is 5.97 Å². The van der Waals surface area contributed by atoms with Crippen LogP contribution in [0.25, 0.3) is 21.7 Å². The smallest absolute Gasteiger partial charge is 0.326 e. The first kappa shape index (κ1) is 33.0. The normalized spacial score (nSPS) is 12.9. The van der Waals surface area contributed by atoms with Crippen molar-refractivity contribution in [3.8, 4) is 21.7 Å². The van der Waals surface area contributed by atoms with E-state index in [-0.39, 0.29) is 30.4 Å². The quantitative estimate of drug-likeness (QED) is 0.170. The van der Waals surface area contributed by atoms with Gasteiger partial charge in [-0.05, 0) is 54.7 Å². The van der Waals surface area contributed by atoms with Gasteiger partial charge < -0.3 is 19.9 Å². The number of nitrogens with zero attached hydrogens (tertiary/aromatic N) is 1. The van der Waals surface area contributed by atoms with E-state index >= 15 is 0 Å². The van der Waals surface area contributed by atoms with Crippen molar-refractivity contribution in [1.82, 2.24) is 10.3 Å². The van der Waals surface area contributed by atoms with Crippen LogP contribution in [0.1, 0.15) is 45.8 Å². The highest BCUT2D eigenvalue weighted by Crippen LogP contribution is 2.33. The maximum absolute atomic E-state index is 13.4. The molecule has 1 amide bonds. The van der Waals surface area contributed by atoms with Crippen molar-refractivity contribution in [2.45, 2.75) is 39.0 Å². The van der Waals surface area contributed by atoms with Crippen LogP contribution in [0, 0.1) is 6.92 Å². The summed E-state index contributed by atoms with van der Waals surface area (Å²) in [5.41, 5.74) is 4.45. The van der Waals surface area contributed by atoms with Crippen LogP contribution in [-0.4, -0.2) is 61.6 Å². The van der Waals surface area contributed by atoms with E-state index in [2.05, 4.69) is 10.3 Å². The third kappa shape index (κ3) is 9.06. The highest BCUT2D eigenvalue weighted by molar-refractivity contribution is 7.90. The third-order valence-corrected chi connectivity index (χ3v) is 9.05. The molecule has 0 saturated heterocycles. The molecule has 0 spiro atoms. The second-order valence-corrected chi connectivity index (χ2v) is 13.7. The Balaban J connectivity index is 1.59. The van der Waals surface area contributed by atoms with Gasteiger partial charge in [-0.15, -0.1) is 11.3 Å². The van der Waals surface area contributed by atoms with E-state index < -0.39 is 27.8 Å². The summed E-state index contributed by atoms with van der Waals surface area (Å²) in [6.45, 7) is 4.96. The molecule has 0 aliphatic rings. The van der Waals surface area contributed by atoms with Gasteiger partial charge in [-0.25, -0.2) is 18.2 Å². The van der Waals surface area contributed by atoms with E-state index in [1.54, 1.807) is 23.5 Å². The Morgan fingerprint density at radius 3 is 2.43 bits per heavy atom. The minimum atomic E-state index is -3.41. The number of ether oxygens (including phenoxy) is 2. The molecule has 0 aliphatic carbocycles. The molecule has 0 aliphatic heterocycles. The molecule has 0 radical (unpaired) electrons. The Morgan fingerprint density at radius 2 is 1.75 bits per heavy atom. The van der Waals surface area contributed by atoms with Gasteiger partial charge in [0.2, 0.25) is 0 Å². The first-order chi connectivity index (χ1) is 21.1. The average molecular weight is 637 g/mol. The van der Waals surface area contributed by atoms with Crippen molar-refractivity contribution in [3.05, 3.63) is 101 Å². The highest BCUT2D eigenvalue weighted by Gasteiger charge is 2.25. The lowest BCUT2D eigenvalue weighted by molar-refractivity contribution is -0.139. The zero-order valence-electron chi connectivity index (χ0n) is 24.9. The lowest BCUT2D eigenvalue weighted by Crippen LogP contribution is -2.42. The predicted molar refractivity (Wildman–Crippen MR) is 171 cm³/mol. The number of hydrogen-bond donors (Lipinski definition) is 2. The van der Waals surface area contributed by atoms with Crippen LogP contribution in [0.5, 0.6) is 0 Å². The monoisotopic (exact) mass is 636 g/mol. The second-order valence-electron chi connectivity index (χ2n) is 10.4. The SMILES string of the molecule is CCOCC(OCc1ccc(C(=O)NC(CCS(C)(=O)=O)C(=O)O)c(-c2ccccc2C)c1)c1cnc(-c2ccccc2)s1. The summed E-state index contributed by atoms with van der Waals surface area (Å²) >= 11 is 1.55. The Labute approximate surface area is 261 Å². The summed E-state index contributed by atoms with van der Waals surface area (Å²) in [6, 6.07) is 21.4. The molecule has 4 rings (SSSR count). The molecule has 1 aromatic heterocycles. The number of sulfone groups is 1. The number of hydrogen-bond acceptors (Lipinski definition) is 8. The molecule has 232 valence electrons. The van der Waals surface area contributed by atoms with Gasteiger partial charge in [0.1, 0.15) is 27.0 Å². The Kier molecular flexibility index (Phi) is 11.4. The van der Waals surface area contributed by atoms with Crippen molar-refractivity contribution in [3.63, 3.8) is 0 Å². The molecule has 11 heteroatoms. The number of carboxylic acids is 1. The molecular formula is C33H36N2O7S2. The van der Waals surface area contributed by atoms with E-state index in [4.69, 9.17) is 9.47 Å². The molecule has 2 unspecified atom stereocenters. The summed E-state index contributed by atoms with van der Waals surface area (Å²) in [7, 11) is -3.41. The van der Waals surface area contributed by atoms with Crippen LogP contribution in [0.2, 0.25) is 0 Å². The Bertz CT molecular complexity index is 1690. The molecule has 0 bridgehead atoms. The van der Waals surface area contributed by atoms with E-state index in [0.717, 1.165) is 38.4 Å². The average Bonchev–Trinajstić information content (AvgIpc) is 3.49. The van der Waals surface area contributed by atoms with E-state index in [9.17, 15) is 23.1 Å². The number of nitrogens with one attached hydrogen (secondary N) is 1. The number of carbonyl (C=O) groups excluding carboxylic acids is 1. The second kappa shape index (κ2) is 15.2. The summed E-state index contributed by atoms with van der Waals surface area (Å²) in [6.07, 6.45) is 2.24. The lowest BCUT2D eigenvalue weighted by Gasteiger charge is -2.19. The number of aryl methyl sites for hydroxylation is 1. The first-order valence-electron chi connectivity index (χ1n) is 14.2. The number of aromatic nitrogens is 1. The minimum absolute atomic E-state index is 0.225. The number of benzene rings is 3. The molecule has 2 N–H and O–H groups in total. The lowest BCUT2D eigenvalue weighted by atomic mass is 9.93. The fraction of sp³-hybridized carbons (Fsp3) is 0.303. The first-order valence-corrected chi connectivity index (χ1v) is 17.0. The molecule has 2 atom stereocenters. The fourth-order valence-corrected chi connectivity index (χ4v) is 6.21. The van der Waals surface area contributed by atoms with Crippen LogP contribution in [0.15, 0.2) is 79.0 Å². The van der Waals surface area contributed by atoms with Gasteiger partial charge in [0.05, 0.1) is 23.8 Å². The number of carboxylic acid groups (broad SMARTS) is 1. The van der Waals surface area contributed by atoms with Crippen molar-refractivity contribution in [2.24, 2.45) is 0 Å². The number of rotatable bonds is 15. The summed E-state index contributed by atoms with van der Waals surface area (Å²) < 4.78 is 35.3. The topological polar surface area (TPSA) is 132 Å². The number of thiazole rings is 1. The maximum atomic E-state index is 13.4. The standard InChI is InChI=1S/C33H36N2O7S2/c1-4-41-21-29(30-19-34-32(43-30)24-11-6-5-7-12-24)42-20-23-14-15-26(27(18-23)25-13-9-8-10-22(25)2)31(36)35-28(33(37)38)16-17-44(3,39)40/h5-15,18-19,28-29H,4,16-17,20-21H2,1-3H3,(H,35,36)(H,37,38). The van der Waals surface area contributed by atoms with Gasteiger partial charge in [0, 0.05) is 30.2 Å². The van der Waals surface area contributed by atoms with Gasteiger partial charge in [-0.1, -0.05) is 60.7 Å². The van der Waals surface area contributed by atoms with Gasteiger partial charge in [-0.3, -0.25) is 4.79 Å². The molecular weight excluding hydrogens is 601 g/mol. The van der Waals surface area contributed by atoms with Crippen LogP contribution < -0.4 is 5.32 Å². The van der Waals surface area contributed by atoms with Gasteiger partial charge in [0.15, 0.2) is 0 Å². The minimum Gasteiger partial charge on any atom is -0.480 e. The number of aliphatic carboxylic acids is 1. The molecule has 0 fully saturated rings. The molecule has 9 nitrogen and oxygen atoms in total. The van der Waals surface area contributed by atoms with Crippen molar-refractivity contribution in [1.29, 1.82) is 0 Å². The van der Waals surface area contributed by atoms with E-state index in [1.807, 2.05) is 80.7 Å². The summed E-state index contributed by atoms with van der Waals surface area (Å²) in [5, 5.41) is 13.0. The molecule has 44 heavy (non-hydrogen) atoms. The number of carbonyl (C=O) groups is 2. The van der Waals surface area contributed by atoms with Gasteiger partial charge in [0.25, 0.3) is 5.91 Å². The Morgan fingerprint density at radius 1 is 1.02 bits per heavy atom. The largest absolute Gasteiger partial charge is 0.480 e. The highest BCUT2D eigenvalue weighted by atomic mass is 32.2. The van der Waals surface area contributed by atoms with Crippen molar-refractivity contribution < 1.29 is 32.6 Å². The Hall–Kier alpha value is -3.90.